The Labute approximate surface area is 150 Å². The summed E-state index contributed by atoms with van der Waals surface area (Å²) < 4.78 is 5.76. The number of carbonyl (C=O) groups is 1. The van der Waals surface area contributed by atoms with Crippen LogP contribution in [0.3, 0.4) is 0 Å². The van der Waals surface area contributed by atoms with Gasteiger partial charge in [0.15, 0.2) is 6.10 Å². The van der Waals surface area contributed by atoms with E-state index in [1.807, 2.05) is 44.2 Å². The van der Waals surface area contributed by atoms with Crippen molar-refractivity contribution in [1.29, 1.82) is 0 Å². The van der Waals surface area contributed by atoms with Gasteiger partial charge in [0.25, 0.3) is 5.91 Å². The normalized spacial score (nSPS) is 11.7. The third-order valence-electron chi connectivity index (χ3n) is 4.04. The molecule has 0 aliphatic heterocycles. The summed E-state index contributed by atoms with van der Waals surface area (Å²) in [6.45, 7) is 7.35. The number of rotatable bonds is 8. The van der Waals surface area contributed by atoms with Gasteiger partial charge in [-0.1, -0.05) is 24.3 Å². The third-order valence-corrected chi connectivity index (χ3v) is 4.04. The van der Waals surface area contributed by atoms with Crippen molar-refractivity contribution in [2.75, 3.05) is 25.0 Å². The summed E-state index contributed by atoms with van der Waals surface area (Å²) in [5.41, 5.74) is 3.44. The van der Waals surface area contributed by atoms with Crippen LogP contribution < -0.4 is 15.0 Å². The third kappa shape index (κ3) is 6.14. The molecule has 134 valence electrons. The highest BCUT2D eigenvalue weighted by Crippen LogP contribution is 2.17. The van der Waals surface area contributed by atoms with Crippen molar-refractivity contribution >= 4 is 11.6 Å². The van der Waals surface area contributed by atoms with E-state index >= 15 is 0 Å². The van der Waals surface area contributed by atoms with E-state index < -0.39 is 6.10 Å². The van der Waals surface area contributed by atoms with Gasteiger partial charge in [-0.15, -0.1) is 0 Å². The second kappa shape index (κ2) is 9.11. The molecule has 1 atom stereocenters. The first kappa shape index (κ1) is 18.8. The van der Waals surface area contributed by atoms with E-state index in [2.05, 4.69) is 35.5 Å². The van der Waals surface area contributed by atoms with Crippen LogP contribution in [-0.2, 0) is 4.79 Å². The van der Waals surface area contributed by atoms with Gasteiger partial charge in [-0.3, -0.25) is 4.79 Å². The maximum Gasteiger partial charge on any atom is 0.260 e. The number of amides is 1. The lowest BCUT2D eigenvalue weighted by atomic mass is 10.1. The van der Waals surface area contributed by atoms with E-state index in [0.717, 1.165) is 29.8 Å². The molecular formula is C21H28N2O2. The van der Waals surface area contributed by atoms with Gasteiger partial charge in [-0.25, -0.2) is 0 Å². The molecule has 4 heteroatoms. The molecule has 0 aliphatic rings. The molecule has 0 spiro atoms. The maximum atomic E-state index is 12.2. The summed E-state index contributed by atoms with van der Waals surface area (Å²) in [6, 6.07) is 16.2. The Morgan fingerprint density at radius 3 is 2.40 bits per heavy atom. The molecule has 1 amide bonds. The predicted molar refractivity (Wildman–Crippen MR) is 103 cm³/mol. The average Bonchev–Trinajstić information content (AvgIpc) is 2.58. The van der Waals surface area contributed by atoms with Crippen LogP contribution in [0, 0.1) is 13.8 Å². The van der Waals surface area contributed by atoms with Gasteiger partial charge in [-0.2, -0.15) is 0 Å². The van der Waals surface area contributed by atoms with Crippen molar-refractivity contribution in [2.45, 2.75) is 33.3 Å². The Morgan fingerprint density at radius 1 is 1.12 bits per heavy atom. The zero-order valence-electron chi connectivity index (χ0n) is 15.6. The van der Waals surface area contributed by atoms with Gasteiger partial charge in [0, 0.05) is 25.8 Å². The summed E-state index contributed by atoms with van der Waals surface area (Å²) in [4.78, 5) is 14.4. The number of ether oxygens (including phenoxy) is 1. The summed E-state index contributed by atoms with van der Waals surface area (Å²) in [5.74, 6) is 0.658. The summed E-state index contributed by atoms with van der Waals surface area (Å²) in [6.07, 6.45) is 0.376. The molecule has 1 N–H and O–H groups in total. The molecule has 0 bridgehead atoms. The lowest BCUT2D eigenvalue weighted by Crippen LogP contribution is -2.37. The van der Waals surface area contributed by atoms with E-state index in [4.69, 9.17) is 4.74 Å². The molecule has 2 rings (SSSR count). The van der Waals surface area contributed by atoms with E-state index in [-0.39, 0.29) is 5.91 Å². The number of benzene rings is 2. The molecule has 4 nitrogen and oxygen atoms in total. The molecule has 0 saturated heterocycles. The Bertz CT molecular complexity index is 665. The highest BCUT2D eigenvalue weighted by Gasteiger charge is 2.14. The van der Waals surface area contributed by atoms with Crippen molar-refractivity contribution in [2.24, 2.45) is 0 Å². The number of nitrogens with one attached hydrogen (secondary N) is 1. The van der Waals surface area contributed by atoms with E-state index in [0.29, 0.717) is 6.54 Å². The first-order valence-electron chi connectivity index (χ1n) is 8.74. The van der Waals surface area contributed by atoms with Crippen LogP contribution in [0.1, 0.15) is 24.5 Å². The number of hydrogen-bond donors (Lipinski definition) is 1. The standard InChI is InChI=1S/C21H28N2O2/c1-16-13-17(2)15-20(14-16)25-18(3)21(24)22-11-8-12-23(4)19-9-6-5-7-10-19/h5-7,9-10,13-15,18H,8,11-12H2,1-4H3,(H,22,24). The quantitative estimate of drug-likeness (QED) is 0.745. The second-order valence-corrected chi connectivity index (χ2v) is 6.49. The van der Waals surface area contributed by atoms with Crippen LogP contribution in [0.25, 0.3) is 0 Å². The lowest BCUT2D eigenvalue weighted by molar-refractivity contribution is -0.127. The zero-order valence-corrected chi connectivity index (χ0v) is 15.6. The number of carbonyl (C=O) groups excluding carboxylic acids is 1. The van der Waals surface area contributed by atoms with Crippen LogP contribution in [-0.4, -0.2) is 32.1 Å². The maximum absolute atomic E-state index is 12.2. The summed E-state index contributed by atoms with van der Waals surface area (Å²) in [7, 11) is 2.06. The van der Waals surface area contributed by atoms with Crippen molar-refractivity contribution in [3.05, 3.63) is 59.7 Å². The fourth-order valence-electron chi connectivity index (χ4n) is 2.74. The highest BCUT2D eigenvalue weighted by molar-refractivity contribution is 5.80. The molecule has 0 saturated carbocycles. The molecule has 2 aromatic rings. The zero-order chi connectivity index (χ0) is 18.2. The minimum Gasteiger partial charge on any atom is -0.481 e. The van der Waals surface area contributed by atoms with Crippen molar-refractivity contribution in [1.82, 2.24) is 5.32 Å². The first-order valence-corrected chi connectivity index (χ1v) is 8.74. The molecule has 0 aromatic heterocycles. The summed E-state index contributed by atoms with van der Waals surface area (Å²) in [5, 5.41) is 2.95. The molecule has 25 heavy (non-hydrogen) atoms. The monoisotopic (exact) mass is 340 g/mol. The Morgan fingerprint density at radius 2 is 1.76 bits per heavy atom. The van der Waals surface area contributed by atoms with Crippen LogP contribution in [0.4, 0.5) is 5.69 Å². The van der Waals surface area contributed by atoms with Gasteiger partial charge in [0.2, 0.25) is 0 Å². The summed E-state index contributed by atoms with van der Waals surface area (Å²) >= 11 is 0. The van der Waals surface area contributed by atoms with Crippen molar-refractivity contribution in [3.63, 3.8) is 0 Å². The first-order chi connectivity index (χ1) is 12.0. The predicted octanol–water partition coefficient (Wildman–Crippen LogP) is 3.71. The van der Waals surface area contributed by atoms with Gasteiger partial charge in [0.05, 0.1) is 0 Å². The SMILES string of the molecule is Cc1cc(C)cc(OC(C)C(=O)NCCCN(C)c2ccccc2)c1. The lowest BCUT2D eigenvalue weighted by Gasteiger charge is -2.20. The fraction of sp³-hybridized carbons (Fsp3) is 0.381. The minimum absolute atomic E-state index is 0.0819. The Kier molecular flexibility index (Phi) is 6.87. The number of nitrogens with zero attached hydrogens (tertiary/aromatic N) is 1. The number of hydrogen-bond acceptors (Lipinski definition) is 3. The molecule has 0 radical (unpaired) electrons. The Hall–Kier alpha value is -2.49. The molecule has 0 fully saturated rings. The Balaban J connectivity index is 1.72. The molecule has 0 aliphatic carbocycles. The van der Waals surface area contributed by atoms with E-state index in [9.17, 15) is 4.79 Å². The van der Waals surface area contributed by atoms with E-state index in [1.54, 1.807) is 6.92 Å². The van der Waals surface area contributed by atoms with Gasteiger partial charge < -0.3 is 15.0 Å². The smallest absolute Gasteiger partial charge is 0.260 e. The van der Waals surface area contributed by atoms with Gasteiger partial charge in [-0.05, 0) is 62.6 Å². The van der Waals surface area contributed by atoms with E-state index in [1.165, 1.54) is 5.69 Å². The topological polar surface area (TPSA) is 41.6 Å². The molecule has 0 heterocycles. The van der Waals surface area contributed by atoms with Crippen LogP contribution in [0.5, 0.6) is 5.75 Å². The molecule has 1 unspecified atom stereocenters. The number of para-hydroxylation sites is 1. The molecule has 2 aromatic carbocycles. The van der Waals surface area contributed by atoms with Crippen molar-refractivity contribution in [3.8, 4) is 5.75 Å². The highest BCUT2D eigenvalue weighted by atomic mass is 16.5. The van der Waals surface area contributed by atoms with Crippen molar-refractivity contribution < 1.29 is 9.53 Å². The van der Waals surface area contributed by atoms with Crippen LogP contribution in [0.2, 0.25) is 0 Å². The molecular weight excluding hydrogens is 312 g/mol. The number of anilines is 1. The van der Waals surface area contributed by atoms with Gasteiger partial charge in [0.1, 0.15) is 5.75 Å². The largest absolute Gasteiger partial charge is 0.481 e. The fourth-order valence-corrected chi connectivity index (χ4v) is 2.74. The average molecular weight is 340 g/mol. The van der Waals surface area contributed by atoms with Gasteiger partial charge >= 0.3 is 0 Å². The minimum atomic E-state index is -0.506. The second-order valence-electron chi connectivity index (χ2n) is 6.49. The van der Waals surface area contributed by atoms with Crippen LogP contribution in [0.15, 0.2) is 48.5 Å². The number of aryl methyl sites for hydroxylation is 2. The van der Waals surface area contributed by atoms with Crippen LogP contribution >= 0.6 is 0 Å².